The highest BCUT2D eigenvalue weighted by atomic mass is 19.1. The smallest absolute Gasteiger partial charge is 0.132 e. The Morgan fingerprint density at radius 2 is 1.70 bits per heavy atom. The van der Waals surface area contributed by atoms with Gasteiger partial charge in [0, 0.05) is 18.2 Å². The number of aryl methyl sites for hydroxylation is 2. The van der Waals surface area contributed by atoms with Crippen LogP contribution in [0.1, 0.15) is 22.3 Å². The Labute approximate surface area is 117 Å². The van der Waals surface area contributed by atoms with Crippen molar-refractivity contribution in [1.82, 2.24) is 0 Å². The van der Waals surface area contributed by atoms with Crippen LogP contribution in [0.25, 0.3) is 0 Å². The van der Waals surface area contributed by atoms with Crippen LogP contribution in [0.2, 0.25) is 0 Å². The summed E-state index contributed by atoms with van der Waals surface area (Å²) < 4.78 is 32.0. The molecule has 4 heteroatoms. The van der Waals surface area contributed by atoms with Gasteiger partial charge in [0.25, 0.3) is 0 Å². The molecule has 0 aromatic heterocycles. The fraction of sp³-hybridized carbons (Fsp3) is 0.250. The monoisotopic (exact) mass is 277 g/mol. The van der Waals surface area contributed by atoms with Gasteiger partial charge in [0.1, 0.15) is 24.0 Å². The minimum absolute atomic E-state index is 0.0652. The van der Waals surface area contributed by atoms with Gasteiger partial charge in [-0.15, -0.1) is 0 Å². The van der Waals surface area contributed by atoms with Crippen molar-refractivity contribution in [3.63, 3.8) is 0 Å². The summed E-state index contributed by atoms with van der Waals surface area (Å²) in [5, 5.41) is 0. The summed E-state index contributed by atoms with van der Waals surface area (Å²) in [6.07, 6.45) is 0. The van der Waals surface area contributed by atoms with Crippen LogP contribution in [0.5, 0.6) is 5.75 Å². The Hall–Kier alpha value is -1.94. The molecule has 0 aliphatic rings. The third-order valence-corrected chi connectivity index (χ3v) is 3.14. The lowest BCUT2D eigenvalue weighted by molar-refractivity contribution is 0.295. The summed E-state index contributed by atoms with van der Waals surface area (Å²) in [7, 11) is 0. The average molecular weight is 277 g/mol. The van der Waals surface area contributed by atoms with E-state index in [1.165, 1.54) is 12.1 Å². The molecule has 0 aliphatic carbocycles. The molecule has 0 spiro atoms. The zero-order chi connectivity index (χ0) is 14.7. The third kappa shape index (κ3) is 3.14. The number of rotatable bonds is 4. The zero-order valence-electron chi connectivity index (χ0n) is 11.5. The van der Waals surface area contributed by atoms with Gasteiger partial charge in [-0.1, -0.05) is 12.1 Å². The molecular weight excluding hydrogens is 260 g/mol. The first-order chi connectivity index (χ1) is 9.51. The molecule has 0 heterocycles. The topological polar surface area (TPSA) is 35.2 Å². The highest BCUT2D eigenvalue weighted by Crippen LogP contribution is 2.26. The van der Waals surface area contributed by atoms with Gasteiger partial charge in [-0.05, 0) is 42.7 Å². The number of hydrogen-bond acceptors (Lipinski definition) is 2. The molecule has 0 saturated heterocycles. The quantitative estimate of drug-likeness (QED) is 0.926. The van der Waals surface area contributed by atoms with Crippen LogP contribution in [0.3, 0.4) is 0 Å². The van der Waals surface area contributed by atoms with E-state index >= 15 is 0 Å². The van der Waals surface area contributed by atoms with Gasteiger partial charge in [0.2, 0.25) is 0 Å². The van der Waals surface area contributed by atoms with E-state index in [1.807, 2.05) is 26.0 Å². The van der Waals surface area contributed by atoms with E-state index in [0.717, 1.165) is 22.8 Å². The van der Waals surface area contributed by atoms with Crippen molar-refractivity contribution in [2.24, 2.45) is 5.73 Å². The first kappa shape index (κ1) is 14.5. The van der Waals surface area contributed by atoms with E-state index in [4.69, 9.17) is 10.5 Å². The predicted octanol–water partition coefficient (Wildman–Crippen LogP) is 3.62. The lowest BCUT2D eigenvalue weighted by Crippen LogP contribution is -2.03. The van der Waals surface area contributed by atoms with Crippen molar-refractivity contribution < 1.29 is 13.5 Å². The minimum Gasteiger partial charge on any atom is -0.488 e. The Kier molecular flexibility index (Phi) is 4.35. The average Bonchev–Trinajstić information content (AvgIpc) is 2.39. The first-order valence-electron chi connectivity index (χ1n) is 6.38. The Morgan fingerprint density at radius 3 is 2.25 bits per heavy atom. The fourth-order valence-electron chi connectivity index (χ4n) is 2.17. The Morgan fingerprint density at radius 1 is 1.05 bits per heavy atom. The van der Waals surface area contributed by atoms with E-state index in [2.05, 4.69) is 0 Å². The second-order valence-corrected chi connectivity index (χ2v) is 4.79. The van der Waals surface area contributed by atoms with Gasteiger partial charge >= 0.3 is 0 Å². The highest BCUT2D eigenvalue weighted by Gasteiger charge is 2.09. The maximum atomic E-state index is 13.5. The summed E-state index contributed by atoms with van der Waals surface area (Å²) in [6.45, 7) is 4.37. The molecule has 0 radical (unpaired) electrons. The molecule has 2 N–H and O–H groups in total. The summed E-state index contributed by atoms with van der Waals surface area (Å²) in [5.74, 6) is -0.476. The van der Waals surface area contributed by atoms with Crippen LogP contribution >= 0.6 is 0 Å². The number of nitrogens with two attached hydrogens (primary N) is 1. The molecule has 106 valence electrons. The van der Waals surface area contributed by atoms with Crippen LogP contribution in [0, 0.1) is 25.5 Å². The molecule has 0 atom stereocenters. The molecular formula is C16H17F2NO. The van der Waals surface area contributed by atoms with Crippen molar-refractivity contribution in [3.8, 4) is 5.75 Å². The van der Waals surface area contributed by atoms with Crippen molar-refractivity contribution in [2.75, 3.05) is 0 Å². The number of benzene rings is 2. The molecule has 2 aromatic carbocycles. The van der Waals surface area contributed by atoms with E-state index < -0.39 is 11.6 Å². The largest absolute Gasteiger partial charge is 0.488 e. The van der Waals surface area contributed by atoms with Crippen LogP contribution in [-0.4, -0.2) is 0 Å². The lowest BCUT2D eigenvalue weighted by Gasteiger charge is -2.14. The van der Waals surface area contributed by atoms with E-state index in [1.54, 1.807) is 0 Å². The van der Waals surface area contributed by atoms with Gasteiger partial charge in [-0.25, -0.2) is 8.78 Å². The second kappa shape index (κ2) is 6.01. The number of ether oxygens (including phenoxy) is 1. The molecule has 0 aliphatic heterocycles. The van der Waals surface area contributed by atoms with Gasteiger partial charge in [0.15, 0.2) is 0 Å². The molecule has 2 aromatic rings. The molecule has 0 amide bonds. The summed E-state index contributed by atoms with van der Waals surface area (Å²) in [4.78, 5) is 0. The van der Waals surface area contributed by atoms with Crippen molar-refractivity contribution in [2.45, 2.75) is 27.0 Å². The number of hydrogen-bond donors (Lipinski definition) is 1. The van der Waals surface area contributed by atoms with Crippen LogP contribution < -0.4 is 10.5 Å². The maximum Gasteiger partial charge on any atom is 0.132 e. The summed E-state index contributed by atoms with van der Waals surface area (Å²) in [5.41, 5.74) is 8.87. The highest BCUT2D eigenvalue weighted by molar-refractivity contribution is 5.43. The second-order valence-electron chi connectivity index (χ2n) is 4.79. The fourth-order valence-corrected chi connectivity index (χ4v) is 2.17. The summed E-state index contributed by atoms with van der Waals surface area (Å²) in [6, 6.07) is 7.37. The predicted molar refractivity (Wildman–Crippen MR) is 74.5 cm³/mol. The molecule has 2 nitrogen and oxygen atoms in total. The van der Waals surface area contributed by atoms with E-state index in [9.17, 15) is 8.78 Å². The van der Waals surface area contributed by atoms with Crippen LogP contribution in [-0.2, 0) is 13.2 Å². The van der Waals surface area contributed by atoms with Crippen molar-refractivity contribution >= 4 is 0 Å². The molecule has 0 bridgehead atoms. The SMILES string of the molecule is Cc1cc(CN)cc(C)c1OCc1ccc(F)cc1F. The Balaban J connectivity index is 2.19. The maximum absolute atomic E-state index is 13.5. The van der Waals surface area contributed by atoms with Crippen molar-refractivity contribution in [1.29, 1.82) is 0 Å². The normalized spacial score (nSPS) is 10.7. The third-order valence-electron chi connectivity index (χ3n) is 3.14. The van der Waals surface area contributed by atoms with Crippen LogP contribution in [0.15, 0.2) is 30.3 Å². The van der Waals surface area contributed by atoms with Crippen molar-refractivity contribution in [3.05, 3.63) is 64.2 Å². The Bertz CT molecular complexity index is 603. The number of halogens is 2. The summed E-state index contributed by atoms with van der Waals surface area (Å²) >= 11 is 0. The van der Waals surface area contributed by atoms with E-state index in [0.29, 0.717) is 17.9 Å². The zero-order valence-corrected chi connectivity index (χ0v) is 11.5. The lowest BCUT2D eigenvalue weighted by atomic mass is 10.1. The standard InChI is InChI=1S/C16H17F2NO/c1-10-5-12(8-19)6-11(2)16(10)20-9-13-3-4-14(17)7-15(13)18/h3-7H,8-9,19H2,1-2H3. The van der Waals surface area contributed by atoms with Gasteiger partial charge < -0.3 is 10.5 Å². The van der Waals surface area contributed by atoms with Crippen LogP contribution in [0.4, 0.5) is 8.78 Å². The molecule has 20 heavy (non-hydrogen) atoms. The molecule has 0 unspecified atom stereocenters. The molecule has 0 fully saturated rings. The minimum atomic E-state index is -0.598. The molecule has 2 rings (SSSR count). The van der Waals surface area contributed by atoms with Gasteiger partial charge in [-0.2, -0.15) is 0 Å². The van der Waals surface area contributed by atoms with Gasteiger partial charge in [-0.3, -0.25) is 0 Å². The first-order valence-corrected chi connectivity index (χ1v) is 6.38. The van der Waals surface area contributed by atoms with Gasteiger partial charge in [0.05, 0.1) is 0 Å². The molecule has 0 saturated carbocycles. The van der Waals surface area contributed by atoms with E-state index in [-0.39, 0.29) is 6.61 Å².